The first-order chi connectivity index (χ1) is 9.60. The van der Waals surface area contributed by atoms with E-state index in [-0.39, 0.29) is 11.8 Å². The molecule has 0 aliphatic carbocycles. The van der Waals surface area contributed by atoms with Gasteiger partial charge >= 0.3 is 0 Å². The van der Waals surface area contributed by atoms with Gasteiger partial charge in [-0.3, -0.25) is 9.69 Å². The van der Waals surface area contributed by atoms with Gasteiger partial charge in [0.25, 0.3) is 0 Å². The Labute approximate surface area is 128 Å². The lowest BCUT2D eigenvalue weighted by molar-refractivity contribution is -0.117. The Hall–Kier alpha value is -1.10. The molecule has 0 radical (unpaired) electrons. The standard InChI is InChI=1S/C14H16Cl2N2O2/c15-11-2-1-3-12(14(11)16)17-13(20)8-18-6-4-10(9-19)5-7-18/h1-3,9-10H,4-8H2,(H,17,20). The fourth-order valence-electron chi connectivity index (χ4n) is 2.24. The van der Waals surface area contributed by atoms with Crippen molar-refractivity contribution in [3.8, 4) is 0 Å². The van der Waals surface area contributed by atoms with Crippen molar-refractivity contribution in [1.82, 2.24) is 4.90 Å². The predicted octanol–water partition coefficient (Wildman–Crippen LogP) is 2.84. The van der Waals surface area contributed by atoms with Crippen molar-refractivity contribution in [2.45, 2.75) is 12.8 Å². The van der Waals surface area contributed by atoms with Gasteiger partial charge in [-0.2, -0.15) is 0 Å². The molecule has 0 bridgehead atoms. The molecule has 0 unspecified atom stereocenters. The highest BCUT2D eigenvalue weighted by atomic mass is 35.5. The minimum absolute atomic E-state index is 0.126. The third kappa shape index (κ3) is 3.95. The van der Waals surface area contributed by atoms with Crippen molar-refractivity contribution in [3.63, 3.8) is 0 Å². The van der Waals surface area contributed by atoms with Gasteiger partial charge in [-0.1, -0.05) is 29.3 Å². The van der Waals surface area contributed by atoms with Gasteiger partial charge < -0.3 is 10.1 Å². The fourth-order valence-corrected chi connectivity index (χ4v) is 2.59. The van der Waals surface area contributed by atoms with Crippen molar-refractivity contribution >= 4 is 41.1 Å². The zero-order chi connectivity index (χ0) is 14.5. The first-order valence-electron chi connectivity index (χ1n) is 6.51. The molecule has 1 amide bonds. The second-order valence-electron chi connectivity index (χ2n) is 4.90. The maximum absolute atomic E-state index is 12.0. The van der Waals surface area contributed by atoms with Crippen molar-refractivity contribution < 1.29 is 9.59 Å². The third-order valence-electron chi connectivity index (χ3n) is 3.42. The SMILES string of the molecule is O=CC1CCN(CC(=O)Nc2cccc(Cl)c2Cl)CC1. The molecule has 1 aromatic rings. The summed E-state index contributed by atoms with van der Waals surface area (Å²) in [6.07, 6.45) is 2.63. The van der Waals surface area contributed by atoms with E-state index < -0.39 is 0 Å². The molecule has 1 saturated heterocycles. The first kappa shape index (κ1) is 15.3. The van der Waals surface area contributed by atoms with Gasteiger partial charge in [-0.05, 0) is 38.1 Å². The van der Waals surface area contributed by atoms with Gasteiger partial charge in [0.05, 0.1) is 22.3 Å². The summed E-state index contributed by atoms with van der Waals surface area (Å²) in [6.45, 7) is 1.83. The van der Waals surface area contributed by atoms with Gasteiger partial charge in [0.15, 0.2) is 0 Å². The van der Waals surface area contributed by atoms with E-state index in [1.54, 1.807) is 18.2 Å². The van der Waals surface area contributed by atoms with Crippen LogP contribution in [0.5, 0.6) is 0 Å². The van der Waals surface area contributed by atoms with Crippen molar-refractivity contribution in [3.05, 3.63) is 28.2 Å². The number of likely N-dealkylation sites (tertiary alicyclic amines) is 1. The number of carbonyl (C=O) groups is 2. The van der Waals surface area contributed by atoms with Crippen molar-refractivity contribution in [1.29, 1.82) is 0 Å². The molecule has 0 saturated carbocycles. The Morgan fingerprint density at radius 1 is 1.35 bits per heavy atom. The number of nitrogens with one attached hydrogen (secondary N) is 1. The van der Waals surface area contributed by atoms with E-state index in [0.717, 1.165) is 32.2 Å². The molecule has 0 aromatic heterocycles. The average molecular weight is 315 g/mol. The molecule has 1 heterocycles. The summed E-state index contributed by atoms with van der Waals surface area (Å²) >= 11 is 11.9. The molecule has 1 aromatic carbocycles. The molecule has 1 N–H and O–H groups in total. The van der Waals surface area contributed by atoms with Crippen LogP contribution < -0.4 is 5.32 Å². The maximum Gasteiger partial charge on any atom is 0.238 e. The van der Waals surface area contributed by atoms with Crippen LogP contribution in [-0.4, -0.2) is 36.7 Å². The molecule has 108 valence electrons. The second-order valence-corrected chi connectivity index (χ2v) is 5.68. The topological polar surface area (TPSA) is 49.4 Å². The summed E-state index contributed by atoms with van der Waals surface area (Å²) in [4.78, 5) is 24.7. The number of anilines is 1. The van der Waals surface area contributed by atoms with Crippen LogP contribution >= 0.6 is 23.2 Å². The number of halogens is 2. The van der Waals surface area contributed by atoms with Crippen LogP contribution in [0.3, 0.4) is 0 Å². The number of nitrogens with zero attached hydrogens (tertiary/aromatic N) is 1. The second kappa shape index (κ2) is 7.07. The minimum Gasteiger partial charge on any atom is -0.324 e. The van der Waals surface area contributed by atoms with E-state index in [2.05, 4.69) is 5.32 Å². The van der Waals surface area contributed by atoms with Crippen LogP contribution in [0, 0.1) is 5.92 Å². The van der Waals surface area contributed by atoms with Gasteiger partial charge in [0.2, 0.25) is 5.91 Å². The molecule has 6 heteroatoms. The van der Waals surface area contributed by atoms with Gasteiger partial charge in [0, 0.05) is 5.92 Å². The predicted molar refractivity (Wildman–Crippen MR) is 80.3 cm³/mol. The summed E-state index contributed by atoms with van der Waals surface area (Å²) in [6, 6.07) is 5.12. The Morgan fingerprint density at radius 3 is 2.70 bits per heavy atom. The minimum atomic E-state index is -0.126. The summed E-state index contributed by atoms with van der Waals surface area (Å²) in [7, 11) is 0. The van der Waals surface area contributed by atoms with E-state index in [1.807, 2.05) is 4.90 Å². The third-order valence-corrected chi connectivity index (χ3v) is 4.24. The molecule has 4 nitrogen and oxygen atoms in total. The highest BCUT2D eigenvalue weighted by Gasteiger charge is 2.20. The van der Waals surface area contributed by atoms with Crippen LogP contribution in [-0.2, 0) is 9.59 Å². The molecule has 1 aliphatic heterocycles. The Bertz CT molecular complexity index is 500. The van der Waals surface area contributed by atoms with Crippen molar-refractivity contribution in [2.24, 2.45) is 5.92 Å². The average Bonchev–Trinajstić information content (AvgIpc) is 2.45. The molecule has 1 aliphatic rings. The largest absolute Gasteiger partial charge is 0.324 e. The first-order valence-corrected chi connectivity index (χ1v) is 7.27. The summed E-state index contributed by atoms with van der Waals surface area (Å²) in [5.74, 6) is 0.00963. The Balaban J connectivity index is 1.87. The van der Waals surface area contributed by atoms with E-state index in [0.29, 0.717) is 22.3 Å². The molecular weight excluding hydrogens is 299 g/mol. The van der Waals surface area contributed by atoms with Crippen molar-refractivity contribution in [2.75, 3.05) is 25.0 Å². The number of hydrogen-bond donors (Lipinski definition) is 1. The van der Waals surface area contributed by atoms with E-state index in [1.165, 1.54) is 0 Å². The quantitative estimate of drug-likeness (QED) is 0.869. The number of benzene rings is 1. The van der Waals surface area contributed by atoms with Gasteiger partial charge in [-0.15, -0.1) is 0 Å². The molecule has 2 rings (SSSR count). The summed E-state index contributed by atoms with van der Waals surface area (Å²) in [5.41, 5.74) is 0.520. The highest BCUT2D eigenvalue weighted by molar-refractivity contribution is 6.43. The van der Waals surface area contributed by atoms with E-state index in [9.17, 15) is 9.59 Å². The number of piperidine rings is 1. The molecule has 0 atom stereocenters. The molecular formula is C14H16Cl2N2O2. The number of aldehydes is 1. The summed E-state index contributed by atoms with van der Waals surface area (Å²) < 4.78 is 0. The lowest BCUT2D eigenvalue weighted by atomic mass is 9.99. The Morgan fingerprint density at radius 2 is 2.05 bits per heavy atom. The maximum atomic E-state index is 12.0. The van der Waals surface area contributed by atoms with Gasteiger partial charge in [0.1, 0.15) is 6.29 Å². The van der Waals surface area contributed by atoms with E-state index in [4.69, 9.17) is 23.2 Å². The van der Waals surface area contributed by atoms with Crippen LogP contribution in [0.15, 0.2) is 18.2 Å². The number of hydrogen-bond acceptors (Lipinski definition) is 3. The molecule has 0 spiro atoms. The van der Waals surface area contributed by atoms with Gasteiger partial charge in [-0.25, -0.2) is 0 Å². The number of carbonyl (C=O) groups excluding carboxylic acids is 2. The number of amides is 1. The normalized spacial score (nSPS) is 16.9. The Kier molecular flexibility index (Phi) is 5.40. The smallest absolute Gasteiger partial charge is 0.238 e. The molecule has 20 heavy (non-hydrogen) atoms. The summed E-state index contributed by atoms with van der Waals surface area (Å²) in [5, 5.41) is 3.52. The zero-order valence-corrected chi connectivity index (χ0v) is 12.5. The van der Waals surface area contributed by atoms with E-state index >= 15 is 0 Å². The van der Waals surface area contributed by atoms with Crippen LogP contribution in [0.4, 0.5) is 5.69 Å². The number of rotatable bonds is 4. The lowest BCUT2D eigenvalue weighted by Gasteiger charge is -2.28. The lowest BCUT2D eigenvalue weighted by Crippen LogP contribution is -2.39. The van der Waals surface area contributed by atoms with Crippen LogP contribution in [0.2, 0.25) is 10.0 Å². The van der Waals surface area contributed by atoms with Crippen LogP contribution in [0.25, 0.3) is 0 Å². The zero-order valence-electron chi connectivity index (χ0n) is 10.9. The highest BCUT2D eigenvalue weighted by Crippen LogP contribution is 2.29. The fraction of sp³-hybridized carbons (Fsp3) is 0.429. The monoisotopic (exact) mass is 314 g/mol. The van der Waals surface area contributed by atoms with Crippen LogP contribution in [0.1, 0.15) is 12.8 Å². The molecule has 1 fully saturated rings.